The standard InChI is InChI=1S/C12H16ClN3O2/c1-8-14-11(13)10(7-18)12(15-8)16-5-3-2-4-9(16)6-17/h7,9,17H,2-6H2,1H3. The van der Waals surface area contributed by atoms with Gasteiger partial charge in [0.15, 0.2) is 6.29 Å². The maximum absolute atomic E-state index is 11.1. The number of carbonyl (C=O) groups excluding carboxylic acids is 1. The van der Waals surface area contributed by atoms with Gasteiger partial charge in [0.05, 0.1) is 18.2 Å². The van der Waals surface area contributed by atoms with Crippen LogP contribution >= 0.6 is 11.6 Å². The van der Waals surface area contributed by atoms with Gasteiger partial charge in [-0.2, -0.15) is 0 Å². The summed E-state index contributed by atoms with van der Waals surface area (Å²) < 4.78 is 0. The zero-order valence-electron chi connectivity index (χ0n) is 10.3. The van der Waals surface area contributed by atoms with Gasteiger partial charge in [-0.3, -0.25) is 4.79 Å². The Bertz CT molecular complexity index is 453. The fourth-order valence-electron chi connectivity index (χ4n) is 2.32. The number of nitrogens with zero attached hydrogens (tertiary/aromatic N) is 3. The minimum Gasteiger partial charge on any atom is -0.394 e. The smallest absolute Gasteiger partial charge is 0.156 e. The number of carbonyl (C=O) groups is 1. The molecule has 0 bridgehead atoms. The molecular formula is C12H16ClN3O2. The van der Waals surface area contributed by atoms with E-state index in [1.165, 1.54) is 0 Å². The molecule has 0 aromatic carbocycles. The van der Waals surface area contributed by atoms with Gasteiger partial charge in [-0.1, -0.05) is 11.6 Å². The van der Waals surface area contributed by atoms with Gasteiger partial charge in [-0.05, 0) is 26.2 Å². The Hall–Kier alpha value is -1.20. The molecule has 1 atom stereocenters. The normalized spacial score (nSPS) is 19.9. The van der Waals surface area contributed by atoms with Gasteiger partial charge in [-0.25, -0.2) is 9.97 Å². The minimum atomic E-state index is 0.00261. The summed E-state index contributed by atoms with van der Waals surface area (Å²) in [6.45, 7) is 2.57. The summed E-state index contributed by atoms with van der Waals surface area (Å²) in [4.78, 5) is 21.4. The number of anilines is 1. The monoisotopic (exact) mass is 269 g/mol. The number of aryl methyl sites for hydroxylation is 1. The first kappa shape index (κ1) is 13.2. The van der Waals surface area contributed by atoms with Gasteiger partial charge in [0, 0.05) is 6.54 Å². The number of piperidine rings is 1. The van der Waals surface area contributed by atoms with Crippen molar-refractivity contribution >= 4 is 23.7 Å². The third-order valence-electron chi connectivity index (χ3n) is 3.22. The van der Waals surface area contributed by atoms with Crippen LogP contribution in [-0.2, 0) is 0 Å². The Labute approximate surface area is 111 Å². The van der Waals surface area contributed by atoms with E-state index in [0.29, 0.717) is 23.5 Å². The molecule has 0 saturated carbocycles. The quantitative estimate of drug-likeness (QED) is 0.667. The molecule has 1 fully saturated rings. The van der Waals surface area contributed by atoms with Gasteiger partial charge in [0.1, 0.15) is 16.8 Å². The summed E-state index contributed by atoms with van der Waals surface area (Å²) in [6.07, 6.45) is 3.68. The Kier molecular flexibility index (Phi) is 4.14. The predicted molar refractivity (Wildman–Crippen MR) is 69.2 cm³/mol. The molecule has 1 aliphatic rings. The Balaban J connectivity index is 2.44. The zero-order valence-corrected chi connectivity index (χ0v) is 11.0. The van der Waals surface area contributed by atoms with E-state index in [9.17, 15) is 9.90 Å². The molecule has 1 unspecified atom stereocenters. The number of aromatic nitrogens is 2. The van der Waals surface area contributed by atoms with Gasteiger partial charge in [-0.15, -0.1) is 0 Å². The Morgan fingerprint density at radius 1 is 1.50 bits per heavy atom. The van der Waals surface area contributed by atoms with Crippen LogP contribution in [0.3, 0.4) is 0 Å². The molecule has 98 valence electrons. The summed E-state index contributed by atoms with van der Waals surface area (Å²) in [5.41, 5.74) is 0.308. The molecule has 2 heterocycles. The van der Waals surface area contributed by atoms with Gasteiger partial charge < -0.3 is 10.0 Å². The number of halogens is 1. The van der Waals surface area contributed by atoms with Crippen LogP contribution in [0.5, 0.6) is 0 Å². The third kappa shape index (κ3) is 2.47. The lowest BCUT2D eigenvalue weighted by atomic mass is 10.0. The van der Waals surface area contributed by atoms with E-state index in [-0.39, 0.29) is 17.8 Å². The second-order valence-corrected chi connectivity index (χ2v) is 4.80. The second kappa shape index (κ2) is 5.63. The van der Waals surface area contributed by atoms with E-state index in [1.807, 2.05) is 4.90 Å². The van der Waals surface area contributed by atoms with Crippen LogP contribution in [-0.4, -0.2) is 40.6 Å². The number of aliphatic hydroxyl groups excluding tert-OH is 1. The molecule has 2 rings (SSSR count). The van der Waals surface area contributed by atoms with Gasteiger partial charge in [0.2, 0.25) is 0 Å². The molecule has 1 N–H and O–H groups in total. The highest BCUT2D eigenvalue weighted by atomic mass is 35.5. The highest BCUT2D eigenvalue weighted by molar-refractivity contribution is 6.32. The summed E-state index contributed by atoms with van der Waals surface area (Å²) in [5, 5.41) is 9.59. The first-order valence-electron chi connectivity index (χ1n) is 6.04. The lowest BCUT2D eigenvalue weighted by Gasteiger charge is -2.36. The lowest BCUT2D eigenvalue weighted by molar-refractivity contribution is 0.112. The molecule has 0 amide bonds. The van der Waals surface area contributed by atoms with Crippen molar-refractivity contribution in [3.8, 4) is 0 Å². The van der Waals surface area contributed by atoms with E-state index < -0.39 is 0 Å². The molecule has 5 nitrogen and oxygen atoms in total. The Morgan fingerprint density at radius 3 is 2.94 bits per heavy atom. The molecule has 6 heteroatoms. The molecule has 0 radical (unpaired) electrons. The predicted octanol–water partition coefficient (Wildman–Crippen LogP) is 1.60. The largest absolute Gasteiger partial charge is 0.394 e. The van der Waals surface area contributed by atoms with Crippen molar-refractivity contribution in [3.63, 3.8) is 0 Å². The van der Waals surface area contributed by atoms with E-state index in [0.717, 1.165) is 25.8 Å². The molecule has 0 spiro atoms. The maximum atomic E-state index is 11.1. The number of aliphatic hydroxyl groups is 1. The van der Waals surface area contributed by atoms with E-state index >= 15 is 0 Å². The summed E-state index contributed by atoms with van der Waals surface area (Å²) >= 11 is 5.97. The number of hydrogen-bond acceptors (Lipinski definition) is 5. The highest BCUT2D eigenvalue weighted by Gasteiger charge is 2.26. The number of rotatable bonds is 3. The molecule has 1 aliphatic heterocycles. The fourth-order valence-corrected chi connectivity index (χ4v) is 2.57. The lowest BCUT2D eigenvalue weighted by Crippen LogP contribution is -2.43. The topological polar surface area (TPSA) is 66.3 Å². The van der Waals surface area contributed by atoms with Crippen LogP contribution in [0.25, 0.3) is 0 Å². The zero-order chi connectivity index (χ0) is 13.1. The van der Waals surface area contributed by atoms with Crippen molar-refractivity contribution in [1.29, 1.82) is 0 Å². The summed E-state index contributed by atoms with van der Waals surface area (Å²) in [6, 6.07) is 0.00261. The first-order valence-corrected chi connectivity index (χ1v) is 6.42. The number of aldehydes is 1. The second-order valence-electron chi connectivity index (χ2n) is 4.44. The van der Waals surface area contributed by atoms with Crippen molar-refractivity contribution in [2.24, 2.45) is 0 Å². The first-order chi connectivity index (χ1) is 8.67. The van der Waals surface area contributed by atoms with E-state index in [4.69, 9.17) is 11.6 Å². The molecule has 1 saturated heterocycles. The SMILES string of the molecule is Cc1nc(Cl)c(C=O)c(N2CCCCC2CO)n1. The van der Waals surface area contributed by atoms with Crippen molar-refractivity contribution in [3.05, 3.63) is 16.5 Å². The molecule has 1 aromatic heterocycles. The molecule has 1 aromatic rings. The van der Waals surface area contributed by atoms with Crippen molar-refractivity contribution in [1.82, 2.24) is 9.97 Å². The number of hydrogen-bond donors (Lipinski definition) is 1. The minimum absolute atomic E-state index is 0.00261. The van der Waals surface area contributed by atoms with Crippen molar-refractivity contribution in [2.75, 3.05) is 18.1 Å². The molecular weight excluding hydrogens is 254 g/mol. The van der Waals surface area contributed by atoms with Crippen LogP contribution in [0.2, 0.25) is 5.15 Å². The van der Waals surface area contributed by atoms with E-state index in [1.54, 1.807) is 6.92 Å². The van der Waals surface area contributed by atoms with Crippen LogP contribution < -0.4 is 4.90 Å². The van der Waals surface area contributed by atoms with Crippen LogP contribution in [0.4, 0.5) is 5.82 Å². The average Bonchev–Trinajstić information content (AvgIpc) is 2.38. The third-order valence-corrected chi connectivity index (χ3v) is 3.51. The fraction of sp³-hybridized carbons (Fsp3) is 0.583. The van der Waals surface area contributed by atoms with Gasteiger partial charge in [0.25, 0.3) is 0 Å². The van der Waals surface area contributed by atoms with Crippen LogP contribution in [0.15, 0.2) is 0 Å². The highest BCUT2D eigenvalue weighted by Crippen LogP contribution is 2.28. The van der Waals surface area contributed by atoms with E-state index in [2.05, 4.69) is 9.97 Å². The van der Waals surface area contributed by atoms with Gasteiger partial charge >= 0.3 is 0 Å². The summed E-state index contributed by atoms with van der Waals surface area (Å²) in [7, 11) is 0. The molecule has 18 heavy (non-hydrogen) atoms. The van der Waals surface area contributed by atoms with Crippen molar-refractivity contribution in [2.45, 2.75) is 32.2 Å². The Morgan fingerprint density at radius 2 is 2.28 bits per heavy atom. The maximum Gasteiger partial charge on any atom is 0.156 e. The summed E-state index contributed by atoms with van der Waals surface area (Å²) in [5.74, 6) is 1.07. The average molecular weight is 270 g/mol. The van der Waals surface area contributed by atoms with Crippen LogP contribution in [0.1, 0.15) is 35.4 Å². The molecule has 0 aliphatic carbocycles. The van der Waals surface area contributed by atoms with Crippen molar-refractivity contribution < 1.29 is 9.90 Å². The van der Waals surface area contributed by atoms with Crippen LogP contribution in [0, 0.1) is 6.92 Å².